The summed E-state index contributed by atoms with van der Waals surface area (Å²) in [6, 6.07) is 7.76. The molecule has 6 heteroatoms. The van der Waals surface area contributed by atoms with E-state index in [2.05, 4.69) is 6.92 Å². The largest absolute Gasteiger partial charge is 0.386 e. The Morgan fingerprint density at radius 2 is 1.77 bits per heavy atom. The molecule has 0 aromatic heterocycles. The summed E-state index contributed by atoms with van der Waals surface area (Å²) in [6.07, 6.45) is 11.0. The molecule has 0 heterocycles. The zero-order valence-electron chi connectivity index (χ0n) is 21.4. The van der Waals surface area contributed by atoms with E-state index in [9.17, 15) is 13.5 Å². The van der Waals surface area contributed by atoms with Crippen LogP contribution in [0.4, 0.5) is 4.39 Å². The van der Waals surface area contributed by atoms with E-state index in [1.54, 1.807) is 25.3 Å². The summed E-state index contributed by atoms with van der Waals surface area (Å²) in [4.78, 5) is -0.0420. The van der Waals surface area contributed by atoms with Crippen LogP contribution in [0.25, 0.3) is 0 Å². The molecule has 196 valence electrons. The molecule has 4 fully saturated rings. The summed E-state index contributed by atoms with van der Waals surface area (Å²) in [5, 5.41) is 11.3. The number of aliphatic hydroxyl groups is 1. The van der Waals surface area contributed by atoms with Gasteiger partial charge in [0.25, 0.3) is 0 Å². The average Bonchev–Trinajstić information content (AvgIpc) is 3.20. The van der Waals surface area contributed by atoms with Crippen LogP contribution in [0.3, 0.4) is 0 Å². The molecule has 35 heavy (non-hydrogen) atoms. The standard InChI is InChI=1S/C29H43FO4S/c1-28-16-14-24-23-15-17-29(31,27(30)35(32,33)22-8-4-3-5-9-22)19-20(23)10-12-25(24)26(28)13-11-21(28)7-6-18-34-2/h3-5,8-9,20-21,23-27,31H,6-7,10-19H2,1-2H3/t20-,21?,23+,24?,25-,26?,27?,28-,29?/m1/s1. The van der Waals surface area contributed by atoms with Crippen molar-refractivity contribution >= 4 is 9.84 Å². The fraction of sp³-hybridized carbons (Fsp3) is 0.793. The zero-order valence-corrected chi connectivity index (χ0v) is 22.2. The molecule has 1 aromatic rings. The van der Waals surface area contributed by atoms with Gasteiger partial charge in [-0.05, 0) is 124 Å². The van der Waals surface area contributed by atoms with Gasteiger partial charge in [0.1, 0.15) is 5.60 Å². The smallest absolute Gasteiger partial charge is 0.233 e. The first kappa shape index (κ1) is 25.7. The molecule has 0 amide bonds. The quantitative estimate of drug-likeness (QED) is 0.449. The summed E-state index contributed by atoms with van der Waals surface area (Å²) < 4.78 is 46.8. The first-order chi connectivity index (χ1) is 16.7. The molecule has 5 rings (SSSR count). The van der Waals surface area contributed by atoms with Gasteiger partial charge in [0.2, 0.25) is 15.3 Å². The Balaban J connectivity index is 1.28. The Labute approximate surface area is 211 Å². The molecular formula is C29H43FO4S. The average molecular weight is 507 g/mol. The van der Waals surface area contributed by atoms with E-state index >= 15 is 4.39 Å². The Bertz CT molecular complexity index is 984. The summed E-state index contributed by atoms with van der Waals surface area (Å²) in [5.74, 6) is 3.69. The van der Waals surface area contributed by atoms with Crippen molar-refractivity contribution in [2.24, 2.45) is 40.9 Å². The van der Waals surface area contributed by atoms with Crippen LogP contribution in [0, 0.1) is 40.9 Å². The normalized spacial score (nSPS) is 42.1. The van der Waals surface area contributed by atoms with Gasteiger partial charge in [-0.2, -0.15) is 0 Å². The van der Waals surface area contributed by atoms with Gasteiger partial charge in [0, 0.05) is 13.7 Å². The molecule has 9 atom stereocenters. The van der Waals surface area contributed by atoms with Crippen molar-refractivity contribution in [3.63, 3.8) is 0 Å². The van der Waals surface area contributed by atoms with Gasteiger partial charge in [0.05, 0.1) is 4.90 Å². The summed E-state index contributed by atoms with van der Waals surface area (Å²) in [5.41, 5.74) is -3.62. The van der Waals surface area contributed by atoms with Crippen molar-refractivity contribution < 1.29 is 22.7 Å². The predicted octanol–water partition coefficient (Wildman–Crippen LogP) is 6.18. The molecule has 0 aliphatic heterocycles. The number of halogens is 1. The molecule has 0 bridgehead atoms. The zero-order chi connectivity index (χ0) is 24.8. The minimum Gasteiger partial charge on any atom is -0.386 e. The van der Waals surface area contributed by atoms with Crippen LogP contribution in [0.5, 0.6) is 0 Å². The van der Waals surface area contributed by atoms with Gasteiger partial charge >= 0.3 is 0 Å². The maximum atomic E-state index is 15.6. The third kappa shape index (κ3) is 4.40. The second-order valence-electron chi connectivity index (χ2n) is 12.4. The molecule has 5 unspecified atom stereocenters. The van der Waals surface area contributed by atoms with Gasteiger partial charge in [-0.1, -0.05) is 25.1 Å². The minimum absolute atomic E-state index is 0.0420. The SMILES string of the molecule is COCCCC1CCC2[C@@H]3CC[C@@H]4CC(O)(C(F)S(=O)(=O)c5ccccc5)CC[C@@H]4C3CC[C@]12C. The first-order valence-electron chi connectivity index (χ1n) is 13.8. The highest BCUT2D eigenvalue weighted by atomic mass is 32.2. The Morgan fingerprint density at radius 3 is 2.51 bits per heavy atom. The van der Waals surface area contributed by atoms with E-state index in [-0.39, 0.29) is 23.7 Å². The van der Waals surface area contributed by atoms with Gasteiger partial charge in [-0.3, -0.25) is 0 Å². The number of benzene rings is 1. The van der Waals surface area contributed by atoms with Crippen molar-refractivity contribution in [2.45, 2.75) is 93.6 Å². The molecule has 0 radical (unpaired) electrons. The number of hydrogen-bond acceptors (Lipinski definition) is 4. The van der Waals surface area contributed by atoms with Crippen molar-refractivity contribution in [1.29, 1.82) is 0 Å². The van der Waals surface area contributed by atoms with E-state index in [0.29, 0.717) is 17.3 Å². The van der Waals surface area contributed by atoms with Gasteiger partial charge in [-0.25, -0.2) is 12.8 Å². The van der Waals surface area contributed by atoms with E-state index in [1.165, 1.54) is 44.2 Å². The number of sulfone groups is 1. The first-order valence-corrected chi connectivity index (χ1v) is 15.4. The van der Waals surface area contributed by atoms with Gasteiger partial charge in [0.15, 0.2) is 0 Å². The number of alkyl halides is 1. The summed E-state index contributed by atoms with van der Waals surface area (Å²) >= 11 is 0. The Morgan fingerprint density at radius 1 is 1.03 bits per heavy atom. The summed E-state index contributed by atoms with van der Waals surface area (Å²) in [7, 11) is -2.43. The van der Waals surface area contributed by atoms with Crippen LogP contribution in [-0.4, -0.2) is 38.3 Å². The Hall–Kier alpha value is -0.980. The molecule has 0 saturated heterocycles. The van der Waals surface area contributed by atoms with Crippen LogP contribution in [0.1, 0.15) is 77.6 Å². The minimum atomic E-state index is -4.22. The highest BCUT2D eigenvalue weighted by Gasteiger charge is 2.59. The van der Waals surface area contributed by atoms with E-state index < -0.39 is 20.9 Å². The lowest BCUT2D eigenvalue weighted by Gasteiger charge is -2.57. The highest BCUT2D eigenvalue weighted by molar-refractivity contribution is 7.92. The highest BCUT2D eigenvalue weighted by Crippen LogP contribution is 2.65. The molecule has 1 N–H and O–H groups in total. The van der Waals surface area contributed by atoms with E-state index in [4.69, 9.17) is 4.74 Å². The fourth-order valence-corrected chi connectivity index (χ4v) is 10.8. The molecule has 4 nitrogen and oxygen atoms in total. The van der Waals surface area contributed by atoms with Crippen LogP contribution in [-0.2, 0) is 14.6 Å². The lowest BCUT2D eigenvalue weighted by atomic mass is 9.49. The van der Waals surface area contributed by atoms with Crippen molar-refractivity contribution in [1.82, 2.24) is 0 Å². The van der Waals surface area contributed by atoms with E-state index in [1.807, 2.05) is 0 Å². The number of rotatable bonds is 7. The number of hydrogen-bond donors (Lipinski definition) is 1. The second-order valence-corrected chi connectivity index (χ2v) is 14.4. The summed E-state index contributed by atoms with van der Waals surface area (Å²) in [6.45, 7) is 3.40. The number of ether oxygens (including phenoxy) is 1. The van der Waals surface area contributed by atoms with Gasteiger partial charge < -0.3 is 9.84 Å². The van der Waals surface area contributed by atoms with E-state index in [0.717, 1.165) is 50.0 Å². The second kappa shape index (κ2) is 9.72. The monoisotopic (exact) mass is 506 g/mol. The Kier molecular flexibility index (Phi) is 7.13. The number of fused-ring (bicyclic) bond motifs is 5. The maximum Gasteiger partial charge on any atom is 0.233 e. The van der Waals surface area contributed by atoms with Crippen LogP contribution in [0.15, 0.2) is 35.2 Å². The van der Waals surface area contributed by atoms with Crippen molar-refractivity contribution in [3.05, 3.63) is 30.3 Å². The fourth-order valence-electron chi connectivity index (χ4n) is 9.19. The van der Waals surface area contributed by atoms with Crippen LogP contribution < -0.4 is 0 Å². The van der Waals surface area contributed by atoms with Crippen molar-refractivity contribution in [3.8, 4) is 0 Å². The maximum absolute atomic E-state index is 15.6. The topological polar surface area (TPSA) is 63.6 Å². The third-order valence-electron chi connectivity index (χ3n) is 10.9. The van der Waals surface area contributed by atoms with Gasteiger partial charge in [-0.15, -0.1) is 0 Å². The number of methoxy groups -OCH3 is 1. The molecule has 4 aliphatic carbocycles. The third-order valence-corrected chi connectivity index (χ3v) is 12.8. The molecule has 4 aliphatic rings. The van der Waals surface area contributed by atoms with Crippen LogP contribution >= 0.6 is 0 Å². The molecule has 0 spiro atoms. The molecular weight excluding hydrogens is 463 g/mol. The van der Waals surface area contributed by atoms with Crippen molar-refractivity contribution in [2.75, 3.05) is 13.7 Å². The lowest BCUT2D eigenvalue weighted by molar-refractivity contribution is -0.118. The van der Waals surface area contributed by atoms with Crippen LogP contribution in [0.2, 0.25) is 0 Å². The molecule has 4 saturated carbocycles. The molecule has 1 aromatic carbocycles. The lowest BCUT2D eigenvalue weighted by Crippen LogP contribution is -2.54. The predicted molar refractivity (Wildman–Crippen MR) is 135 cm³/mol.